The molecule has 0 aliphatic carbocycles. The van der Waals surface area contributed by atoms with E-state index in [0.717, 1.165) is 6.07 Å². The first-order valence-corrected chi connectivity index (χ1v) is 11.1. The topological polar surface area (TPSA) is 91.9 Å². The molecule has 2 heterocycles. The van der Waals surface area contributed by atoms with Gasteiger partial charge >= 0.3 is 18.2 Å². The first-order valence-electron chi connectivity index (χ1n) is 11.1. The highest BCUT2D eigenvalue weighted by atomic mass is 35.5. The molecule has 0 saturated carbocycles. The molecule has 8 nitrogen and oxygen atoms in total. The third kappa shape index (κ3) is 6.41. The van der Waals surface area contributed by atoms with Crippen LogP contribution in [0.25, 0.3) is 22.0 Å². The summed E-state index contributed by atoms with van der Waals surface area (Å²) in [4.78, 5) is 42.7. The maximum absolute atomic E-state index is 13.4. The van der Waals surface area contributed by atoms with Crippen LogP contribution in [0.4, 0.5) is 23.7 Å². The summed E-state index contributed by atoms with van der Waals surface area (Å²) < 4.78 is 50.8. The molecule has 1 aliphatic rings. The predicted octanol–water partition coefficient (Wildman–Crippen LogP) is 4.46. The van der Waals surface area contributed by atoms with Crippen molar-refractivity contribution in [3.05, 3.63) is 64.4 Å². The number of rotatable bonds is 7. The van der Waals surface area contributed by atoms with Crippen molar-refractivity contribution in [3.63, 3.8) is 0 Å². The van der Waals surface area contributed by atoms with Gasteiger partial charge in [0.15, 0.2) is 6.10 Å². The van der Waals surface area contributed by atoms with Crippen LogP contribution >= 0.6 is 12.4 Å². The molecule has 0 spiro atoms. The fraction of sp³-hybridized carbons (Fsp3) is 0.320. The van der Waals surface area contributed by atoms with E-state index < -0.39 is 35.5 Å². The Kier molecular flexibility index (Phi) is 8.49. The van der Waals surface area contributed by atoms with Gasteiger partial charge in [0.05, 0.1) is 18.5 Å². The SMILES string of the molecule is CN(C)CCC(=O)OCC1CN(c2ccc3cc(-c4ccccc4C(F)(F)F)[nH]c(=O)c3c2)C(=O)O1.Cl. The molecular weight excluding hydrogens is 515 g/mol. The number of carbonyl (C=O) groups excluding carboxylic acids is 2. The van der Waals surface area contributed by atoms with Gasteiger partial charge in [-0.3, -0.25) is 14.5 Å². The standard InChI is InChI=1S/C25H24F3N3O5.ClH/c1-30(2)10-9-22(32)35-14-17-13-31(24(34)36-17)16-8-7-15-11-21(29-23(33)19(15)12-16)18-5-3-4-6-20(18)25(26,27)28;/h3-8,11-12,17H,9-10,13-14H2,1-2H3,(H,29,33);1H. The second-order valence-corrected chi connectivity index (χ2v) is 8.68. The molecule has 37 heavy (non-hydrogen) atoms. The number of pyridine rings is 1. The van der Waals surface area contributed by atoms with Crippen LogP contribution in [0.1, 0.15) is 12.0 Å². The smallest absolute Gasteiger partial charge is 0.417 e. The molecule has 12 heteroatoms. The van der Waals surface area contributed by atoms with E-state index in [1.54, 1.807) is 12.1 Å². The van der Waals surface area contributed by atoms with Crippen LogP contribution in [0.2, 0.25) is 0 Å². The second kappa shape index (κ2) is 11.2. The summed E-state index contributed by atoms with van der Waals surface area (Å²) in [6.07, 6.45) is -5.70. The van der Waals surface area contributed by atoms with Crippen molar-refractivity contribution >= 4 is 40.9 Å². The van der Waals surface area contributed by atoms with E-state index in [4.69, 9.17) is 9.47 Å². The van der Waals surface area contributed by atoms with Crippen molar-refractivity contribution in [1.29, 1.82) is 0 Å². The van der Waals surface area contributed by atoms with E-state index in [1.165, 1.54) is 35.2 Å². The van der Waals surface area contributed by atoms with Crippen molar-refractivity contribution in [2.24, 2.45) is 0 Å². The molecule has 0 radical (unpaired) electrons. The first-order chi connectivity index (χ1) is 17.0. The number of H-pyrrole nitrogens is 1. The van der Waals surface area contributed by atoms with Gasteiger partial charge in [0.2, 0.25) is 0 Å². The molecule has 0 bridgehead atoms. The number of benzene rings is 2. The molecule has 1 aromatic heterocycles. The summed E-state index contributed by atoms with van der Waals surface area (Å²) in [5.41, 5.74) is -1.18. The van der Waals surface area contributed by atoms with Crippen LogP contribution in [0.3, 0.4) is 0 Å². The van der Waals surface area contributed by atoms with Gasteiger partial charge in [0, 0.05) is 28.9 Å². The van der Waals surface area contributed by atoms with E-state index in [0.29, 0.717) is 17.6 Å². The molecule has 1 N–H and O–H groups in total. The Balaban J connectivity index is 0.00000380. The Hall–Kier alpha value is -3.57. The molecule has 198 valence electrons. The molecule has 1 aliphatic heterocycles. The molecule has 1 unspecified atom stereocenters. The average Bonchev–Trinajstić information content (AvgIpc) is 3.21. The Morgan fingerprint density at radius 3 is 2.59 bits per heavy atom. The van der Waals surface area contributed by atoms with E-state index >= 15 is 0 Å². The van der Waals surface area contributed by atoms with Gasteiger partial charge in [-0.1, -0.05) is 24.3 Å². The van der Waals surface area contributed by atoms with E-state index in [1.807, 2.05) is 19.0 Å². The third-order valence-corrected chi connectivity index (χ3v) is 5.73. The lowest BCUT2D eigenvalue weighted by Crippen LogP contribution is -2.27. The molecule has 3 aromatic rings. The maximum atomic E-state index is 13.4. The number of alkyl halides is 3. The monoisotopic (exact) mass is 539 g/mol. The molecular formula is C25H25ClF3N3O5. The van der Waals surface area contributed by atoms with Gasteiger partial charge in [-0.25, -0.2) is 4.79 Å². The lowest BCUT2D eigenvalue weighted by Gasteiger charge is -2.15. The number of nitrogens with zero attached hydrogens (tertiary/aromatic N) is 2. The Bertz CT molecular complexity index is 1360. The van der Waals surface area contributed by atoms with E-state index in [-0.39, 0.29) is 48.6 Å². The number of ether oxygens (including phenoxy) is 2. The highest BCUT2D eigenvalue weighted by Gasteiger charge is 2.35. The fourth-order valence-electron chi connectivity index (χ4n) is 3.92. The van der Waals surface area contributed by atoms with E-state index in [9.17, 15) is 27.6 Å². The lowest BCUT2D eigenvalue weighted by atomic mass is 10.0. The zero-order valence-corrected chi connectivity index (χ0v) is 20.8. The Morgan fingerprint density at radius 2 is 1.89 bits per heavy atom. The van der Waals surface area contributed by atoms with Gasteiger partial charge in [-0.15, -0.1) is 12.4 Å². The van der Waals surface area contributed by atoms with Crippen LogP contribution in [-0.4, -0.2) is 61.8 Å². The van der Waals surface area contributed by atoms with Crippen molar-refractivity contribution in [2.75, 3.05) is 38.7 Å². The average molecular weight is 540 g/mol. The number of esters is 1. The molecule has 1 saturated heterocycles. The van der Waals surface area contributed by atoms with Crippen molar-refractivity contribution < 1.29 is 32.2 Å². The highest BCUT2D eigenvalue weighted by molar-refractivity contribution is 5.94. The minimum atomic E-state index is -4.58. The molecule has 1 fully saturated rings. The predicted molar refractivity (Wildman–Crippen MR) is 134 cm³/mol. The fourth-order valence-corrected chi connectivity index (χ4v) is 3.92. The minimum Gasteiger partial charge on any atom is -0.462 e. The summed E-state index contributed by atoms with van der Waals surface area (Å²) in [7, 11) is 3.67. The number of carbonyl (C=O) groups is 2. The molecule has 2 aromatic carbocycles. The van der Waals surface area contributed by atoms with Gasteiger partial charge in [0.25, 0.3) is 5.56 Å². The summed E-state index contributed by atoms with van der Waals surface area (Å²) in [5, 5.41) is 0.612. The number of hydrogen-bond donors (Lipinski definition) is 1. The van der Waals surface area contributed by atoms with Crippen molar-refractivity contribution in [3.8, 4) is 11.3 Å². The minimum absolute atomic E-state index is 0. The zero-order valence-electron chi connectivity index (χ0n) is 20.0. The highest BCUT2D eigenvalue weighted by Crippen LogP contribution is 2.36. The number of nitrogens with one attached hydrogen (secondary N) is 1. The molecule has 1 amide bonds. The summed E-state index contributed by atoms with van der Waals surface area (Å²) in [6, 6.07) is 11.1. The van der Waals surface area contributed by atoms with Crippen LogP contribution in [0.15, 0.2) is 53.3 Å². The van der Waals surface area contributed by atoms with Crippen LogP contribution in [-0.2, 0) is 20.4 Å². The summed E-state index contributed by atoms with van der Waals surface area (Å²) in [6.45, 7) is 0.551. The summed E-state index contributed by atoms with van der Waals surface area (Å²) in [5.74, 6) is -0.404. The Labute approximate surface area is 216 Å². The second-order valence-electron chi connectivity index (χ2n) is 8.68. The van der Waals surface area contributed by atoms with Gasteiger partial charge in [-0.05, 0) is 43.7 Å². The first kappa shape index (κ1) is 28.0. The molecule has 1 atom stereocenters. The number of aromatic nitrogens is 1. The maximum Gasteiger partial charge on any atom is 0.417 e. The van der Waals surface area contributed by atoms with Crippen LogP contribution in [0, 0.1) is 0 Å². The van der Waals surface area contributed by atoms with Gasteiger partial charge in [0.1, 0.15) is 6.61 Å². The number of anilines is 1. The summed E-state index contributed by atoms with van der Waals surface area (Å²) >= 11 is 0. The Morgan fingerprint density at radius 1 is 1.16 bits per heavy atom. The van der Waals surface area contributed by atoms with Crippen LogP contribution < -0.4 is 10.5 Å². The normalized spacial score (nSPS) is 15.6. The van der Waals surface area contributed by atoms with Crippen molar-refractivity contribution in [1.82, 2.24) is 9.88 Å². The number of cyclic esters (lactones) is 1. The van der Waals surface area contributed by atoms with Gasteiger partial charge < -0.3 is 19.4 Å². The van der Waals surface area contributed by atoms with E-state index in [2.05, 4.69) is 4.98 Å². The number of halogens is 4. The van der Waals surface area contributed by atoms with Crippen LogP contribution in [0.5, 0.6) is 0 Å². The lowest BCUT2D eigenvalue weighted by molar-refractivity contribution is -0.146. The van der Waals surface area contributed by atoms with Gasteiger partial charge in [-0.2, -0.15) is 13.2 Å². The zero-order chi connectivity index (χ0) is 26.0. The number of fused-ring (bicyclic) bond motifs is 1. The van der Waals surface area contributed by atoms with Crippen molar-refractivity contribution in [2.45, 2.75) is 18.7 Å². The largest absolute Gasteiger partial charge is 0.462 e. The quantitative estimate of drug-likeness (QED) is 0.446. The molecule has 4 rings (SSSR count). The number of aromatic amines is 1. The number of amides is 1. The number of hydrogen-bond acceptors (Lipinski definition) is 6. The third-order valence-electron chi connectivity index (χ3n) is 5.73.